The molecule has 0 spiro atoms. The minimum atomic E-state index is -0.793. The van der Waals surface area contributed by atoms with E-state index >= 15 is 0 Å². The smallest absolute Gasteiger partial charge is 0.325 e. The number of benzene rings is 1. The fourth-order valence-electron chi connectivity index (χ4n) is 3.23. The molecule has 1 aliphatic carbocycles. The Balaban J connectivity index is 2.09. The van der Waals surface area contributed by atoms with E-state index in [0.717, 1.165) is 17.9 Å². The molecular formula is C16H23NO2. The standard InChI is InChI=1S/C16H23NO2/c1-3-12-9-10-14(11(12)2)17-15(16(18)19)13-7-5-4-6-8-13/h4-8,11-12,14-15,17H,3,9-10H2,1-2H3,(H,18,19). The van der Waals surface area contributed by atoms with Crippen LogP contribution in [0, 0.1) is 11.8 Å². The molecule has 1 saturated carbocycles. The van der Waals surface area contributed by atoms with Crippen LogP contribution in [0.1, 0.15) is 44.7 Å². The number of carboxylic acids is 1. The summed E-state index contributed by atoms with van der Waals surface area (Å²) in [6.07, 6.45) is 3.47. The average molecular weight is 261 g/mol. The summed E-state index contributed by atoms with van der Waals surface area (Å²) in [6.45, 7) is 4.46. The first-order chi connectivity index (χ1) is 9.13. The number of carboxylic acid groups (broad SMARTS) is 1. The lowest BCUT2D eigenvalue weighted by Crippen LogP contribution is -2.39. The molecule has 0 aliphatic heterocycles. The fraction of sp³-hybridized carbons (Fsp3) is 0.562. The lowest BCUT2D eigenvalue weighted by atomic mass is 9.93. The molecule has 3 heteroatoms. The van der Waals surface area contributed by atoms with E-state index in [1.165, 1.54) is 12.8 Å². The van der Waals surface area contributed by atoms with Crippen LogP contribution in [0.5, 0.6) is 0 Å². The summed E-state index contributed by atoms with van der Waals surface area (Å²) >= 11 is 0. The van der Waals surface area contributed by atoms with Crippen molar-refractivity contribution in [2.24, 2.45) is 11.8 Å². The number of carbonyl (C=O) groups is 1. The first-order valence-corrected chi connectivity index (χ1v) is 7.17. The predicted molar refractivity (Wildman–Crippen MR) is 75.9 cm³/mol. The van der Waals surface area contributed by atoms with E-state index in [2.05, 4.69) is 19.2 Å². The summed E-state index contributed by atoms with van der Waals surface area (Å²) in [5.41, 5.74) is 0.835. The summed E-state index contributed by atoms with van der Waals surface area (Å²) in [6, 6.07) is 9.16. The maximum Gasteiger partial charge on any atom is 0.325 e. The van der Waals surface area contributed by atoms with Gasteiger partial charge in [0.05, 0.1) is 0 Å². The van der Waals surface area contributed by atoms with Gasteiger partial charge in [-0.2, -0.15) is 0 Å². The summed E-state index contributed by atoms with van der Waals surface area (Å²) < 4.78 is 0. The van der Waals surface area contributed by atoms with E-state index in [-0.39, 0.29) is 0 Å². The molecule has 0 bridgehead atoms. The highest BCUT2D eigenvalue weighted by molar-refractivity contribution is 5.75. The monoisotopic (exact) mass is 261 g/mol. The van der Waals surface area contributed by atoms with Crippen molar-refractivity contribution < 1.29 is 9.90 Å². The van der Waals surface area contributed by atoms with Crippen LogP contribution in [-0.4, -0.2) is 17.1 Å². The van der Waals surface area contributed by atoms with E-state index in [9.17, 15) is 9.90 Å². The van der Waals surface area contributed by atoms with Gasteiger partial charge < -0.3 is 5.11 Å². The molecule has 2 rings (SSSR count). The first kappa shape index (κ1) is 14.1. The Morgan fingerprint density at radius 3 is 2.58 bits per heavy atom. The second-order valence-electron chi connectivity index (χ2n) is 5.56. The Kier molecular flexibility index (Phi) is 4.59. The Morgan fingerprint density at radius 1 is 1.37 bits per heavy atom. The van der Waals surface area contributed by atoms with Gasteiger partial charge in [0.1, 0.15) is 6.04 Å². The van der Waals surface area contributed by atoms with Crippen LogP contribution in [-0.2, 0) is 4.79 Å². The highest BCUT2D eigenvalue weighted by Crippen LogP contribution is 2.35. The number of hydrogen-bond donors (Lipinski definition) is 2. The second-order valence-corrected chi connectivity index (χ2v) is 5.56. The zero-order chi connectivity index (χ0) is 13.8. The van der Waals surface area contributed by atoms with Crippen molar-refractivity contribution in [3.05, 3.63) is 35.9 Å². The quantitative estimate of drug-likeness (QED) is 0.855. The van der Waals surface area contributed by atoms with E-state index < -0.39 is 12.0 Å². The Labute approximate surface area is 115 Å². The first-order valence-electron chi connectivity index (χ1n) is 7.17. The van der Waals surface area contributed by atoms with Crippen molar-refractivity contribution in [2.45, 2.75) is 45.2 Å². The molecule has 1 fully saturated rings. The number of hydrogen-bond acceptors (Lipinski definition) is 2. The van der Waals surface area contributed by atoms with E-state index in [1.54, 1.807) is 0 Å². The second kappa shape index (κ2) is 6.20. The molecule has 2 N–H and O–H groups in total. The summed E-state index contributed by atoms with van der Waals surface area (Å²) in [5.74, 6) is 0.483. The third-order valence-electron chi connectivity index (χ3n) is 4.51. The number of aliphatic carboxylic acids is 1. The maximum absolute atomic E-state index is 11.5. The van der Waals surface area contributed by atoms with Gasteiger partial charge in [0.25, 0.3) is 0 Å². The fourth-order valence-corrected chi connectivity index (χ4v) is 3.23. The Morgan fingerprint density at radius 2 is 2.05 bits per heavy atom. The van der Waals surface area contributed by atoms with Crippen LogP contribution in [0.2, 0.25) is 0 Å². The van der Waals surface area contributed by atoms with Gasteiger partial charge >= 0.3 is 5.97 Å². The van der Waals surface area contributed by atoms with Crippen LogP contribution >= 0.6 is 0 Å². The highest BCUT2D eigenvalue weighted by atomic mass is 16.4. The highest BCUT2D eigenvalue weighted by Gasteiger charge is 2.34. The van der Waals surface area contributed by atoms with Crippen LogP contribution in [0.25, 0.3) is 0 Å². The third kappa shape index (κ3) is 3.16. The molecule has 0 saturated heterocycles. The van der Waals surface area contributed by atoms with Crippen LogP contribution in [0.3, 0.4) is 0 Å². The van der Waals surface area contributed by atoms with E-state index in [4.69, 9.17) is 0 Å². The number of nitrogens with one attached hydrogen (secondary N) is 1. The molecule has 1 aromatic carbocycles. The topological polar surface area (TPSA) is 49.3 Å². The van der Waals surface area contributed by atoms with Gasteiger partial charge in [-0.25, -0.2) is 0 Å². The molecule has 1 aliphatic rings. The molecule has 0 amide bonds. The van der Waals surface area contributed by atoms with Crippen molar-refractivity contribution in [1.29, 1.82) is 0 Å². The number of rotatable bonds is 5. The molecule has 4 atom stereocenters. The summed E-state index contributed by atoms with van der Waals surface area (Å²) in [7, 11) is 0. The molecular weight excluding hydrogens is 238 g/mol. The molecule has 104 valence electrons. The van der Waals surface area contributed by atoms with E-state index in [0.29, 0.717) is 12.0 Å². The van der Waals surface area contributed by atoms with Crippen molar-refractivity contribution in [3.63, 3.8) is 0 Å². The van der Waals surface area contributed by atoms with E-state index in [1.807, 2.05) is 30.3 Å². The summed E-state index contributed by atoms with van der Waals surface area (Å²) in [5, 5.41) is 12.8. The molecule has 3 nitrogen and oxygen atoms in total. The maximum atomic E-state index is 11.5. The van der Waals surface area contributed by atoms with Crippen LogP contribution in [0.15, 0.2) is 30.3 Å². The molecule has 0 radical (unpaired) electrons. The summed E-state index contributed by atoms with van der Waals surface area (Å²) in [4.78, 5) is 11.5. The van der Waals surface area contributed by atoms with Crippen LogP contribution < -0.4 is 5.32 Å². The minimum absolute atomic E-state index is 0.311. The SMILES string of the molecule is CCC1CCC(NC(C(=O)O)c2ccccc2)C1C. The van der Waals surface area contributed by atoms with Crippen molar-refractivity contribution >= 4 is 5.97 Å². The molecule has 0 aromatic heterocycles. The Hall–Kier alpha value is -1.35. The molecule has 4 unspecified atom stereocenters. The third-order valence-corrected chi connectivity index (χ3v) is 4.51. The lowest BCUT2D eigenvalue weighted by molar-refractivity contribution is -0.140. The van der Waals surface area contributed by atoms with Gasteiger partial charge in [-0.3, -0.25) is 10.1 Å². The van der Waals surface area contributed by atoms with Gasteiger partial charge in [-0.15, -0.1) is 0 Å². The van der Waals surface area contributed by atoms with Gasteiger partial charge in [0, 0.05) is 6.04 Å². The Bertz CT molecular complexity index is 418. The van der Waals surface area contributed by atoms with Gasteiger partial charge in [-0.05, 0) is 30.2 Å². The van der Waals surface area contributed by atoms with Crippen molar-refractivity contribution in [1.82, 2.24) is 5.32 Å². The molecule has 0 heterocycles. The normalized spacial score (nSPS) is 28.2. The van der Waals surface area contributed by atoms with Gasteiger partial charge in [0.2, 0.25) is 0 Å². The average Bonchev–Trinajstić information content (AvgIpc) is 2.77. The largest absolute Gasteiger partial charge is 0.480 e. The predicted octanol–water partition coefficient (Wildman–Crippen LogP) is 3.23. The minimum Gasteiger partial charge on any atom is -0.480 e. The van der Waals surface area contributed by atoms with Crippen molar-refractivity contribution in [3.8, 4) is 0 Å². The lowest BCUT2D eigenvalue weighted by Gasteiger charge is -2.25. The van der Waals surface area contributed by atoms with Gasteiger partial charge in [0.15, 0.2) is 0 Å². The zero-order valence-corrected chi connectivity index (χ0v) is 11.7. The van der Waals surface area contributed by atoms with Crippen molar-refractivity contribution in [2.75, 3.05) is 0 Å². The zero-order valence-electron chi connectivity index (χ0n) is 11.7. The van der Waals surface area contributed by atoms with Gasteiger partial charge in [-0.1, -0.05) is 50.6 Å². The molecule has 19 heavy (non-hydrogen) atoms. The van der Waals surface area contributed by atoms with Crippen LogP contribution in [0.4, 0.5) is 0 Å². The molecule has 1 aromatic rings.